The zero-order valence-corrected chi connectivity index (χ0v) is 8.91. The molecule has 5 heteroatoms. The molecule has 0 atom stereocenters. The van der Waals surface area contributed by atoms with Crippen molar-refractivity contribution in [2.75, 3.05) is 11.9 Å². The molecule has 1 rings (SSSR count). The first-order chi connectivity index (χ1) is 7.19. The molecule has 0 radical (unpaired) electrons. The molecule has 4 N–H and O–H groups in total. The van der Waals surface area contributed by atoms with E-state index in [1.807, 2.05) is 32.0 Å². The van der Waals surface area contributed by atoms with Crippen molar-refractivity contribution in [3.63, 3.8) is 0 Å². The Balaban J connectivity index is 3.10. The van der Waals surface area contributed by atoms with Crippen LogP contribution in [-0.4, -0.2) is 12.4 Å². The molecule has 1 aromatic rings. The summed E-state index contributed by atoms with van der Waals surface area (Å²) in [6, 6.07) is 5.74. The van der Waals surface area contributed by atoms with Crippen LogP contribution in [0, 0.1) is 12.3 Å². The van der Waals surface area contributed by atoms with E-state index in [1.54, 1.807) is 0 Å². The predicted molar refractivity (Wildman–Crippen MR) is 61.2 cm³/mol. The van der Waals surface area contributed by atoms with E-state index in [2.05, 4.69) is 15.7 Å². The summed E-state index contributed by atoms with van der Waals surface area (Å²) < 4.78 is 0. The minimum Gasteiger partial charge on any atom is -0.385 e. The van der Waals surface area contributed by atoms with Crippen molar-refractivity contribution in [1.82, 2.24) is 0 Å². The number of aryl methyl sites for hydroxylation is 1. The highest BCUT2D eigenvalue weighted by atomic mass is 15.3. The summed E-state index contributed by atoms with van der Waals surface area (Å²) >= 11 is 0. The van der Waals surface area contributed by atoms with Gasteiger partial charge in [-0.15, -0.1) is 5.11 Å². The van der Waals surface area contributed by atoms with Crippen LogP contribution in [-0.2, 0) is 0 Å². The zero-order valence-electron chi connectivity index (χ0n) is 8.91. The highest BCUT2D eigenvalue weighted by Gasteiger charge is 2.06. The molecule has 15 heavy (non-hydrogen) atoms. The van der Waals surface area contributed by atoms with Gasteiger partial charge in [0.2, 0.25) is 0 Å². The molecule has 0 bridgehead atoms. The maximum absolute atomic E-state index is 7.64. The average Bonchev–Trinajstić information content (AvgIpc) is 2.18. The monoisotopic (exact) mass is 205 g/mol. The molecule has 0 aromatic heterocycles. The third-order valence-corrected chi connectivity index (χ3v) is 1.96. The Morgan fingerprint density at radius 3 is 2.87 bits per heavy atom. The van der Waals surface area contributed by atoms with Crippen LogP contribution in [0.1, 0.15) is 18.1 Å². The van der Waals surface area contributed by atoms with Gasteiger partial charge in [0.1, 0.15) is 0 Å². The van der Waals surface area contributed by atoms with Gasteiger partial charge in [-0.3, -0.25) is 5.41 Å². The van der Waals surface area contributed by atoms with Gasteiger partial charge in [0.15, 0.2) is 5.84 Å². The Bertz CT molecular complexity index is 383. The fraction of sp³-hybridized carbons (Fsp3) is 0.300. The Hall–Kier alpha value is -1.91. The lowest BCUT2D eigenvalue weighted by atomic mass is 10.1. The summed E-state index contributed by atoms with van der Waals surface area (Å²) in [4.78, 5) is 0. The Morgan fingerprint density at radius 1 is 1.53 bits per heavy atom. The predicted octanol–water partition coefficient (Wildman–Crippen LogP) is 2.08. The summed E-state index contributed by atoms with van der Waals surface area (Å²) in [5.74, 6) is 4.98. The average molecular weight is 205 g/mol. The SMILES string of the molecule is CCNc1cc(C)ccc1C(=N)N=NN. The minimum atomic E-state index is 0.0634. The second-order valence-electron chi connectivity index (χ2n) is 3.14. The fourth-order valence-electron chi connectivity index (χ4n) is 1.31. The summed E-state index contributed by atoms with van der Waals surface area (Å²) in [7, 11) is 0. The summed E-state index contributed by atoms with van der Waals surface area (Å²) in [5, 5.41) is 17.4. The van der Waals surface area contributed by atoms with Crippen LogP contribution in [0.2, 0.25) is 0 Å². The molecular weight excluding hydrogens is 190 g/mol. The van der Waals surface area contributed by atoms with Crippen molar-refractivity contribution in [2.24, 2.45) is 16.2 Å². The lowest BCUT2D eigenvalue weighted by Gasteiger charge is -2.09. The number of benzene rings is 1. The second kappa shape index (κ2) is 5.09. The van der Waals surface area contributed by atoms with E-state index in [0.717, 1.165) is 17.8 Å². The molecule has 80 valence electrons. The highest BCUT2D eigenvalue weighted by molar-refractivity contribution is 6.01. The topological polar surface area (TPSA) is 86.6 Å². The van der Waals surface area contributed by atoms with Gasteiger partial charge in [-0.25, -0.2) is 0 Å². The third-order valence-electron chi connectivity index (χ3n) is 1.96. The normalized spacial score (nSPS) is 10.5. The number of anilines is 1. The highest BCUT2D eigenvalue weighted by Crippen LogP contribution is 2.18. The van der Waals surface area contributed by atoms with Gasteiger partial charge in [-0.2, -0.15) is 0 Å². The van der Waals surface area contributed by atoms with Gasteiger partial charge in [-0.05, 0) is 31.5 Å². The Labute approximate surface area is 88.9 Å². The van der Waals surface area contributed by atoms with E-state index in [-0.39, 0.29) is 5.84 Å². The lowest BCUT2D eigenvalue weighted by Crippen LogP contribution is -2.05. The van der Waals surface area contributed by atoms with Crippen molar-refractivity contribution in [3.05, 3.63) is 29.3 Å². The van der Waals surface area contributed by atoms with E-state index in [4.69, 9.17) is 11.3 Å². The number of rotatable bonds is 3. The van der Waals surface area contributed by atoms with Crippen LogP contribution in [0.4, 0.5) is 5.69 Å². The van der Waals surface area contributed by atoms with E-state index < -0.39 is 0 Å². The van der Waals surface area contributed by atoms with Gasteiger partial charge in [0, 0.05) is 17.8 Å². The molecule has 5 nitrogen and oxygen atoms in total. The zero-order chi connectivity index (χ0) is 11.3. The van der Waals surface area contributed by atoms with E-state index in [0.29, 0.717) is 5.56 Å². The molecule has 0 aliphatic heterocycles. The van der Waals surface area contributed by atoms with Crippen molar-refractivity contribution in [1.29, 1.82) is 5.41 Å². The van der Waals surface area contributed by atoms with Gasteiger partial charge >= 0.3 is 0 Å². The van der Waals surface area contributed by atoms with Crippen LogP contribution in [0.5, 0.6) is 0 Å². The standard InChI is InChI=1S/C10H15N5/c1-3-13-9-6-7(2)4-5-8(9)10(11)14-15-12/h4-6,13H,3H2,1-2H3,(H3,11,12,14). The second-order valence-corrected chi connectivity index (χ2v) is 3.14. The third kappa shape index (κ3) is 2.77. The molecule has 0 aliphatic carbocycles. The number of amidine groups is 1. The van der Waals surface area contributed by atoms with Crippen LogP contribution in [0.25, 0.3) is 0 Å². The smallest absolute Gasteiger partial charge is 0.178 e. The molecule has 0 fully saturated rings. The quantitative estimate of drug-likeness (QED) is 0.232. The first-order valence-corrected chi connectivity index (χ1v) is 4.73. The maximum Gasteiger partial charge on any atom is 0.178 e. The van der Waals surface area contributed by atoms with Gasteiger partial charge in [-0.1, -0.05) is 11.3 Å². The van der Waals surface area contributed by atoms with Crippen LogP contribution >= 0.6 is 0 Å². The van der Waals surface area contributed by atoms with Crippen molar-refractivity contribution in [2.45, 2.75) is 13.8 Å². The number of hydrogen-bond donors (Lipinski definition) is 3. The van der Waals surface area contributed by atoms with Crippen LogP contribution in [0.15, 0.2) is 28.5 Å². The van der Waals surface area contributed by atoms with Crippen molar-refractivity contribution in [3.8, 4) is 0 Å². The summed E-state index contributed by atoms with van der Waals surface area (Å²) in [5.41, 5.74) is 2.72. The number of hydrogen-bond acceptors (Lipinski definition) is 3. The molecular formula is C10H15N5. The van der Waals surface area contributed by atoms with Crippen LogP contribution in [0.3, 0.4) is 0 Å². The minimum absolute atomic E-state index is 0.0634. The molecule has 1 aromatic carbocycles. The van der Waals surface area contributed by atoms with Gasteiger partial charge < -0.3 is 11.2 Å². The largest absolute Gasteiger partial charge is 0.385 e. The number of nitrogens with zero attached hydrogens (tertiary/aromatic N) is 2. The molecule has 0 spiro atoms. The van der Waals surface area contributed by atoms with Gasteiger partial charge in [0.05, 0.1) is 0 Å². The Kier molecular flexibility index (Phi) is 3.79. The van der Waals surface area contributed by atoms with E-state index >= 15 is 0 Å². The van der Waals surface area contributed by atoms with E-state index in [1.165, 1.54) is 0 Å². The lowest BCUT2D eigenvalue weighted by molar-refractivity contribution is 1.07. The molecule has 0 amide bonds. The molecule has 0 unspecified atom stereocenters. The molecule has 0 heterocycles. The maximum atomic E-state index is 7.64. The molecule has 0 aliphatic rings. The van der Waals surface area contributed by atoms with Crippen molar-refractivity contribution < 1.29 is 0 Å². The number of nitrogens with two attached hydrogens (primary N) is 1. The fourth-order valence-corrected chi connectivity index (χ4v) is 1.31. The molecule has 0 saturated carbocycles. The van der Waals surface area contributed by atoms with Crippen molar-refractivity contribution >= 4 is 11.5 Å². The van der Waals surface area contributed by atoms with Crippen LogP contribution < -0.4 is 11.2 Å². The summed E-state index contributed by atoms with van der Waals surface area (Å²) in [6.45, 7) is 4.79. The first-order valence-electron chi connectivity index (χ1n) is 4.73. The summed E-state index contributed by atoms with van der Waals surface area (Å²) in [6.07, 6.45) is 0. The van der Waals surface area contributed by atoms with E-state index in [9.17, 15) is 0 Å². The van der Waals surface area contributed by atoms with Gasteiger partial charge in [0.25, 0.3) is 0 Å². The number of nitrogens with one attached hydrogen (secondary N) is 2. The molecule has 0 saturated heterocycles. The Morgan fingerprint density at radius 2 is 2.27 bits per heavy atom. The first kappa shape index (κ1) is 11.2.